The molecular weight excluding hydrogens is 199 g/mol. The third-order valence-electron chi connectivity index (χ3n) is 1.05. The minimum absolute atomic E-state index is 0.554. The lowest BCUT2D eigenvalue weighted by Gasteiger charge is -2.00. The third kappa shape index (κ3) is 1.58. The van der Waals surface area contributed by atoms with Crippen LogP contribution in [0, 0.1) is 0 Å². The lowest BCUT2D eigenvalue weighted by atomic mass is 10.3. The first-order valence-corrected chi connectivity index (χ1v) is 3.02. The van der Waals surface area contributed by atoms with Crippen molar-refractivity contribution in [3.8, 4) is 0 Å². The highest BCUT2D eigenvalue weighted by atomic mass is 35.5. The number of hydrogen-bond donors (Lipinski definition) is 0. The number of hydrogen-bond acceptors (Lipinski definition) is 3. The van der Waals surface area contributed by atoms with Crippen molar-refractivity contribution in [1.82, 2.24) is 5.16 Å². The third-order valence-corrected chi connectivity index (χ3v) is 1.25. The Kier molecular flexibility index (Phi) is 2.10. The van der Waals surface area contributed by atoms with Crippen LogP contribution in [-0.2, 0) is 6.18 Å². The van der Waals surface area contributed by atoms with E-state index in [0.717, 1.165) is 0 Å². The average Bonchev–Trinajstić information content (AvgIpc) is 2.30. The van der Waals surface area contributed by atoms with E-state index in [1.165, 1.54) is 0 Å². The normalized spacial score (nSPS) is 11.7. The molecule has 1 aromatic rings. The first-order chi connectivity index (χ1) is 5.43. The lowest BCUT2D eigenvalue weighted by molar-refractivity contribution is -0.142. The standard InChI is InChI=1S/C5HClF3NO2/c6-4(11)2-1-12-10-3(2)5(7,8)9/h1H. The van der Waals surface area contributed by atoms with Gasteiger partial charge in [-0.3, -0.25) is 4.79 Å². The Hall–Kier alpha value is -1.04. The first-order valence-electron chi connectivity index (χ1n) is 2.64. The molecule has 0 atom stereocenters. The Morgan fingerprint density at radius 2 is 2.17 bits per heavy atom. The molecule has 0 N–H and O–H groups in total. The van der Waals surface area contributed by atoms with Gasteiger partial charge in [-0.25, -0.2) is 0 Å². The number of carbonyl (C=O) groups is 1. The summed E-state index contributed by atoms with van der Waals surface area (Å²) < 4.78 is 39.7. The Bertz CT molecular complexity index is 306. The maximum Gasteiger partial charge on any atom is 0.437 e. The summed E-state index contributed by atoms with van der Waals surface area (Å²) in [4.78, 5) is 10.3. The van der Waals surface area contributed by atoms with Crippen LogP contribution >= 0.6 is 11.6 Å². The fourth-order valence-electron chi connectivity index (χ4n) is 0.581. The summed E-state index contributed by atoms with van der Waals surface area (Å²) in [6.07, 6.45) is -4.16. The monoisotopic (exact) mass is 199 g/mol. The maximum atomic E-state index is 11.9. The van der Waals surface area contributed by atoms with Crippen LogP contribution in [0.1, 0.15) is 16.1 Å². The molecular formula is C5HClF3NO2. The van der Waals surface area contributed by atoms with Gasteiger partial charge >= 0.3 is 6.18 Å². The second-order valence-electron chi connectivity index (χ2n) is 1.85. The molecule has 0 aromatic carbocycles. The largest absolute Gasteiger partial charge is 0.437 e. The number of halogens is 4. The molecule has 0 amide bonds. The van der Waals surface area contributed by atoms with Crippen molar-refractivity contribution < 1.29 is 22.5 Å². The molecule has 1 heterocycles. The van der Waals surface area contributed by atoms with Crippen LogP contribution < -0.4 is 0 Å². The van der Waals surface area contributed by atoms with Crippen LogP contribution in [0.25, 0.3) is 0 Å². The summed E-state index contributed by atoms with van der Waals surface area (Å²) in [7, 11) is 0. The van der Waals surface area contributed by atoms with Crippen molar-refractivity contribution in [2.75, 3.05) is 0 Å². The lowest BCUT2D eigenvalue weighted by Crippen LogP contribution is -2.09. The van der Waals surface area contributed by atoms with Crippen LogP contribution in [0.15, 0.2) is 10.8 Å². The van der Waals surface area contributed by atoms with E-state index >= 15 is 0 Å². The Labute approximate surface area is 69.1 Å². The zero-order chi connectivity index (χ0) is 9.35. The summed E-state index contributed by atoms with van der Waals surface area (Å²) in [6, 6.07) is 0. The van der Waals surface area contributed by atoms with Gasteiger partial charge in [0.1, 0.15) is 11.8 Å². The maximum absolute atomic E-state index is 11.9. The summed E-state index contributed by atoms with van der Waals surface area (Å²) in [5.41, 5.74) is -2.17. The van der Waals surface area contributed by atoms with Gasteiger partial charge in [0, 0.05) is 0 Å². The Morgan fingerprint density at radius 3 is 2.50 bits per heavy atom. The molecule has 0 spiro atoms. The molecule has 1 rings (SSSR count). The van der Waals surface area contributed by atoms with Crippen molar-refractivity contribution >= 4 is 16.8 Å². The van der Waals surface area contributed by atoms with Crippen molar-refractivity contribution in [1.29, 1.82) is 0 Å². The molecule has 7 heteroatoms. The molecule has 0 aliphatic carbocycles. The van der Waals surface area contributed by atoms with Crippen molar-refractivity contribution in [2.45, 2.75) is 6.18 Å². The number of carbonyl (C=O) groups excluding carboxylic acids is 1. The smallest absolute Gasteiger partial charge is 0.363 e. The minimum atomic E-state index is -4.72. The van der Waals surface area contributed by atoms with Crippen molar-refractivity contribution in [2.24, 2.45) is 0 Å². The highest BCUT2D eigenvalue weighted by Gasteiger charge is 2.39. The topological polar surface area (TPSA) is 43.1 Å². The number of nitrogens with zero attached hydrogens (tertiary/aromatic N) is 1. The molecule has 0 saturated carbocycles. The zero-order valence-electron chi connectivity index (χ0n) is 5.35. The molecule has 3 nitrogen and oxygen atoms in total. The van der Waals surface area contributed by atoms with E-state index in [4.69, 9.17) is 11.6 Å². The summed E-state index contributed by atoms with van der Waals surface area (Å²) in [5.74, 6) is 0. The average molecular weight is 200 g/mol. The van der Waals surface area contributed by atoms with Gasteiger partial charge < -0.3 is 4.52 Å². The molecule has 0 unspecified atom stereocenters. The van der Waals surface area contributed by atoms with Crippen LogP contribution in [0.2, 0.25) is 0 Å². The van der Waals surface area contributed by atoms with Crippen LogP contribution in [-0.4, -0.2) is 10.4 Å². The first kappa shape index (κ1) is 9.05. The van der Waals surface area contributed by atoms with E-state index in [0.29, 0.717) is 6.26 Å². The minimum Gasteiger partial charge on any atom is -0.363 e. The van der Waals surface area contributed by atoms with Gasteiger partial charge in [0.25, 0.3) is 5.24 Å². The predicted molar refractivity (Wildman–Crippen MR) is 31.7 cm³/mol. The van der Waals surface area contributed by atoms with E-state index in [1.54, 1.807) is 0 Å². The van der Waals surface area contributed by atoms with Crippen molar-refractivity contribution in [3.05, 3.63) is 17.5 Å². The SMILES string of the molecule is O=C(Cl)c1conc1C(F)(F)F. The van der Waals surface area contributed by atoms with E-state index in [-0.39, 0.29) is 0 Å². The van der Waals surface area contributed by atoms with E-state index in [2.05, 4.69) is 9.68 Å². The quantitative estimate of drug-likeness (QED) is 0.651. The summed E-state index contributed by atoms with van der Waals surface area (Å²) >= 11 is 4.82. The second-order valence-corrected chi connectivity index (χ2v) is 2.19. The molecule has 1 aromatic heterocycles. The van der Waals surface area contributed by atoms with Crippen LogP contribution in [0.4, 0.5) is 13.2 Å². The molecule has 66 valence electrons. The predicted octanol–water partition coefficient (Wildman–Crippen LogP) is 2.07. The summed E-state index contributed by atoms with van der Waals surface area (Å²) in [6.45, 7) is 0. The second kappa shape index (κ2) is 2.78. The van der Waals surface area contributed by atoms with Crippen LogP contribution in [0.5, 0.6) is 0 Å². The number of rotatable bonds is 1. The zero-order valence-corrected chi connectivity index (χ0v) is 6.11. The van der Waals surface area contributed by atoms with Gasteiger partial charge in [0.2, 0.25) is 0 Å². The van der Waals surface area contributed by atoms with Gasteiger partial charge in [0.05, 0.1) is 0 Å². The highest BCUT2D eigenvalue weighted by Crippen LogP contribution is 2.31. The molecule has 0 saturated heterocycles. The highest BCUT2D eigenvalue weighted by molar-refractivity contribution is 6.67. The van der Waals surface area contributed by atoms with Gasteiger partial charge in [-0.2, -0.15) is 13.2 Å². The molecule has 0 bridgehead atoms. The Balaban J connectivity index is 3.17. The van der Waals surface area contributed by atoms with Gasteiger partial charge in [0.15, 0.2) is 5.69 Å². The van der Waals surface area contributed by atoms with E-state index in [9.17, 15) is 18.0 Å². The fourth-order valence-corrected chi connectivity index (χ4v) is 0.715. The molecule has 0 radical (unpaired) electrons. The van der Waals surface area contributed by atoms with Gasteiger partial charge in [-0.15, -0.1) is 0 Å². The van der Waals surface area contributed by atoms with Crippen LogP contribution in [0.3, 0.4) is 0 Å². The number of aromatic nitrogens is 1. The molecule has 0 aliphatic heterocycles. The number of alkyl halides is 3. The van der Waals surface area contributed by atoms with Crippen molar-refractivity contribution in [3.63, 3.8) is 0 Å². The van der Waals surface area contributed by atoms with Gasteiger partial charge in [-0.1, -0.05) is 5.16 Å². The van der Waals surface area contributed by atoms with Gasteiger partial charge in [-0.05, 0) is 11.6 Å². The Morgan fingerprint density at radius 1 is 1.58 bits per heavy atom. The molecule has 0 fully saturated rings. The summed E-state index contributed by atoms with van der Waals surface area (Å²) in [5, 5.41) is 1.36. The molecule has 12 heavy (non-hydrogen) atoms. The van der Waals surface area contributed by atoms with E-state index in [1.807, 2.05) is 0 Å². The fraction of sp³-hybridized carbons (Fsp3) is 0.200. The molecule has 0 aliphatic rings. The van der Waals surface area contributed by atoms with E-state index < -0.39 is 22.7 Å².